The molecule has 0 saturated carbocycles. The molecule has 2 aliphatic heterocycles. The molecule has 4 rings (SSSR count). The first kappa shape index (κ1) is 15.8. The summed E-state index contributed by atoms with van der Waals surface area (Å²) in [5.74, 6) is 0.483. The summed E-state index contributed by atoms with van der Waals surface area (Å²) in [6.45, 7) is 2.62. The minimum Gasteiger partial charge on any atom is -0.352 e. The molecule has 2 heterocycles. The number of hydrogen-bond acceptors (Lipinski definition) is 3. The van der Waals surface area contributed by atoms with Gasteiger partial charge in [-0.05, 0) is 42.8 Å². The van der Waals surface area contributed by atoms with Crippen LogP contribution in [0.2, 0.25) is 0 Å². The zero-order chi connectivity index (χ0) is 17.4. The molecule has 0 bridgehead atoms. The summed E-state index contributed by atoms with van der Waals surface area (Å²) in [4.78, 5) is 27.3. The van der Waals surface area contributed by atoms with Crippen molar-refractivity contribution in [2.24, 2.45) is 5.92 Å². The first-order chi connectivity index (χ1) is 12.1. The second-order valence-electron chi connectivity index (χ2n) is 6.92. The highest BCUT2D eigenvalue weighted by Crippen LogP contribution is 2.35. The van der Waals surface area contributed by atoms with Crippen molar-refractivity contribution in [2.75, 3.05) is 32.0 Å². The lowest BCUT2D eigenvalue weighted by Crippen LogP contribution is -2.29. The molecule has 2 aliphatic rings. The molecule has 0 unspecified atom stereocenters. The standard InChI is InChI=1S/C20H21N3O2/c1-23-11-14-10-21-20(25)17-9-13(7-8-16(17)18(14)12-23)19(24)22-15-5-3-2-4-6-15/h2-9,14,18H,10-12H2,1H3,(H,21,25)(H,22,24)/t14-,18-/m0/s1. The van der Waals surface area contributed by atoms with Crippen LogP contribution in [-0.2, 0) is 0 Å². The third-order valence-corrected chi connectivity index (χ3v) is 5.14. The Morgan fingerprint density at radius 2 is 1.96 bits per heavy atom. The Morgan fingerprint density at radius 1 is 1.16 bits per heavy atom. The van der Waals surface area contributed by atoms with Crippen LogP contribution in [0, 0.1) is 5.92 Å². The van der Waals surface area contributed by atoms with Gasteiger partial charge in [-0.15, -0.1) is 0 Å². The fourth-order valence-corrected chi connectivity index (χ4v) is 3.91. The smallest absolute Gasteiger partial charge is 0.255 e. The molecular weight excluding hydrogens is 314 g/mol. The van der Waals surface area contributed by atoms with Gasteiger partial charge in [0.05, 0.1) is 0 Å². The molecule has 25 heavy (non-hydrogen) atoms. The van der Waals surface area contributed by atoms with Crippen molar-refractivity contribution in [3.63, 3.8) is 0 Å². The van der Waals surface area contributed by atoms with Crippen molar-refractivity contribution in [1.82, 2.24) is 10.2 Å². The van der Waals surface area contributed by atoms with Gasteiger partial charge in [-0.25, -0.2) is 0 Å². The first-order valence-corrected chi connectivity index (χ1v) is 8.59. The maximum atomic E-state index is 12.5. The average Bonchev–Trinajstić information content (AvgIpc) is 2.95. The number of carbonyl (C=O) groups excluding carboxylic acids is 2. The van der Waals surface area contributed by atoms with Crippen molar-refractivity contribution in [2.45, 2.75) is 5.92 Å². The van der Waals surface area contributed by atoms with Crippen LogP contribution in [0.1, 0.15) is 32.2 Å². The first-order valence-electron chi connectivity index (χ1n) is 8.59. The largest absolute Gasteiger partial charge is 0.352 e. The van der Waals surface area contributed by atoms with E-state index in [-0.39, 0.29) is 11.8 Å². The monoisotopic (exact) mass is 335 g/mol. The van der Waals surface area contributed by atoms with Crippen LogP contribution in [0.25, 0.3) is 0 Å². The maximum Gasteiger partial charge on any atom is 0.255 e. The van der Waals surface area contributed by atoms with E-state index in [0.29, 0.717) is 29.5 Å². The number of para-hydroxylation sites is 1. The number of likely N-dealkylation sites (tertiary alicyclic amines) is 1. The predicted octanol–water partition coefficient (Wildman–Crippen LogP) is 2.33. The Morgan fingerprint density at radius 3 is 2.76 bits per heavy atom. The van der Waals surface area contributed by atoms with Gasteiger partial charge in [0.15, 0.2) is 0 Å². The fourth-order valence-electron chi connectivity index (χ4n) is 3.91. The van der Waals surface area contributed by atoms with Crippen molar-refractivity contribution < 1.29 is 9.59 Å². The number of likely N-dealkylation sites (N-methyl/N-ethyl adjacent to an activating group) is 1. The van der Waals surface area contributed by atoms with E-state index in [1.54, 1.807) is 6.07 Å². The minimum atomic E-state index is -0.203. The van der Waals surface area contributed by atoms with Crippen LogP contribution in [0.15, 0.2) is 48.5 Å². The summed E-state index contributed by atoms with van der Waals surface area (Å²) < 4.78 is 0. The van der Waals surface area contributed by atoms with Crippen LogP contribution in [0.4, 0.5) is 5.69 Å². The Balaban J connectivity index is 1.65. The molecule has 5 nitrogen and oxygen atoms in total. The van der Waals surface area contributed by atoms with Gasteiger partial charge in [0.25, 0.3) is 11.8 Å². The number of benzene rings is 2. The van der Waals surface area contributed by atoms with Crippen molar-refractivity contribution in [3.8, 4) is 0 Å². The van der Waals surface area contributed by atoms with Crippen molar-refractivity contribution in [1.29, 1.82) is 0 Å². The number of amides is 2. The second kappa shape index (κ2) is 6.33. The highest BCUT2D eigenvalue weighted by Gasteiger charge is 2.36. The number of carbonyl (C=O) groups is 2. The molecule has 128 valence electrons. The fraction of sp³-hybridized carbons (Fsp3) is 0.300. The van der Waals surface area contributed by atoms with Crippen molar-refractivity contribution in [3.05, 3.63) is 65.2 Å². The van der Waals surface area contributed by atoms with Crippen LogP contribution in [-0.4, -0.2) is 43.4 Å². The highest BCUT2D eigenvalue weighted by atomic mass is 16.2. The van der Waals surface area contributed by atoms with Gasteiger partial charge >= 0.3 is 0 Å². The average molecular weight is 335 g/mol. The molecule has 1 saturated heterocycles. The molecule has 2 N–H and O–H groups in total. The molecule has 1 fully saturated rings. The summed E-state index contributed by atoms with van der Waals surface area (Å²) in [6.07, 6.45) is 0. The third kappa shape index (κ3) is 3.03. The van der Waals surface area contributed by atoms with E-state index in [0.717, 1.165) is 24.3 Å². The van der Waals surface area contributed by atoms with Gasteiger partial charge in [-0.3, -0.25) is 9.59 Å². The van der Waals surface area contributed by atoms with Crippen LogP contribution >= 0.6 is 0 Å². The molecule has 2 atom stereocenters. The quantitative estimate of drug-likeness (QED) is 0.885. The third-order valence-electron chi connectivity index (χ3n) is 5.14. The zero-order valence-electron chi connectivity index (χ0n) is 14.2. The Bertz CT molecular complexity index is 819. The highest BCUT2D eigenvalue weighted by molar-refractivity contribution is 6.06. The van der Waals surface area contributed by atoms with Gasteiger partial charge in [0.1, 0.15) is 0 Å². The SMILES string of the molecule is CN1C[C@@H]2CNC(=O)c3cc(C(=O)Nc4ccccc4)ccc3[C@H]2C1. The van der Waals surface area contributed by atoms with Gasteiger partial charge in [0.2, 0.25) is 0 Å². The summed E-state index contributed by atoms with van der Waals surface area (Å²) in [6, 6.07) is 14.8. The Kier molecular flexibility index (Phi) is 4.01. The van der Waals surface area contributed by atoms with E-state index in [4.69, 9.17) is 0 Å². The van der Waals surface area contributed by atoms with Crippen molar-refractivity contribution >= 4 is 17.5 Å². The van der Waals surface area contributed by atoms with Gasteiger partial charge in [0, 0.05) is 42.4 Å². The van der Waals surface area contributed by atoms with Crippen LogP contribution in [0.5, 0.6) is 0 Å². The molecule has 0 aromatic heterocycles. The molecule has 0 spiro atoms. The number of hydrogen-bond donors (Lipinski definition) is 2. The van der Waals surface area contributed by atoms with Crippen LogP contribution in [0.3, 0.4) is 0 Å². The molecule has 0 radical (unpaired) electrons. The second-order valence-corrected chi connectivity index (χ2v) is 6.92. The van der Waals surface area contributed by atoms with Crippen LogP contribution < -0.4 is 10.6 Å². The lowest BCUT2D eigenvalue weighted by Gasteiger charge is -2.16. The lowest BCUT2D eigenvalue weighted by molar-refractivity contribution is 0.0951. The molecule has 2 amide bonds. The topological polar surface area (TPSA) is 61.4 Å². The van der Waals surface area contributed by atoms with Gasteiger partial charge < -0.3 is 15.5 Å². The summed E-state index contributed by atoms with van der Waals surface area (Å²) in [5.41, 5.74) is 2.93. The molecular formula is C20H21N3O2. The van der Waals surface area contributed by atoms with E-state index >= 15 is 0 Å². The molecule has 2 aromatic rings. The molecule has 2 aromatic carbocycles. The Hall–Kier alpha value is -2.66. The van der Waals surface area contributed by atoms with E-state index in [9.17, 15) is 9.59 Å². The number of anilines is 1. The summed E-state index contributed by atoms with van der Waals surface area (Å²) in [5, 5.41) is 5.88. The van der Waals surface area contributed by atoms with E-state index in [1.165, 1.54) is 0 Å². The molecule has 5 heteroatoms. The lowest BCUT2D eigenvalue weighted by atomic mass is 9.86. The van der Waals surface area contributed by atoms with E-state index < -0.39 is 0 Å². The minimum absolute atomic E-state index is 0.0820. The number of nitrogens with zero attached hydrogens (tertiary/aromatic N) is 1. The van der Waals surface area contributed by atoms with Gasteiger partial charge in [-0.2, -0.15) is 0 Å². The number of fused-ring (bicyclic) bond motifs is 3. The van der Waals surface area contributed by atoms with E-state index in [2.05, 4.69) is 22.6 Å². The van der Waals surface area contributed by atoms with Gasteiger partial charge in [-0.1, -0.05) is 24.3 Å². The number of rotatable bonds is 2. The van der Waals surface area contributed by atoms with E-state index in [1.807, 2.05) is 42.5 Å². The normalized spacial score (nSPS) is 22.5. The summed E-state index contributed by atoms with van der Waals surface area (Å²) >= 11 is 0. The maximum absolute atomic E-state index is 12.5. The molecule has 0 aliphatic carbocycles. The zero-order valence-corrected chi connectivity index (χ0v) is 14.2. The summed E-state index contributed by atoms with van der Waals surface area (Å²) in [7, 11) is 2.11. The Labute approximate surface area is 147 Å². The predicted molar refractivity (Wildman–Crippen MR) is 96.9 cm³/mol. The number of nitrogens with one attached hydrogen (secondary N) is 2.